The number of nitrogen functional groups attached to an aromatic ring is 1. The molecule has 0 spiro atoms. The fourth-order valence-electron chi connectivity index (χ4n) is 1.43. The quantitative estimate of drug-likeness (QED) is 0.728. The highest BCUT2D eigenvalue weighted by Crippen LogP contribution is 2.20. The summed E-state index contributed by atoms with van der Waals surface area (Å²) < 4.78 is 6.81. The number of anilines is 2. The van der Waals surface area contributed by atoms with E-state index in [0.717, 1.165) is 6.42 Å². The van der Waals surface area contributed by atoms with Crippen LogP contribution in [0.25, 0.3) is 0 Å². The summed E-state index contributed by atoms with van der Waals surface area (Å²) in [6, 6.07) is 0. The minimum atomic E-state index is -0.115. The van der Waals surface area contributed by atoms with Crippen LogP contribution in [0.5, 0.6) is 0 Å². The largest absolute Gasteiger partial charge is 0.394 e. The van der Waals surface area contributed by atoms with Crippen LogP contribution in [-0.4, -0.2) is 28.9 Å². The third-order valence-corrected chi connectivity index (χ3v) is 2.35. The number of hydrogen-bond donors (Lipinski definition) is 2. The number of ether oxygens (including phenoxy) is 1. The first kappa shape index (κ1) is 13.5. The molecule has 0 fully saturated rings. The monoisotopic (exact) mass is 240 g/mol. The Kier molecular flexibility index (Phi) is 4.96. The number of nitrogens with one attached hydrogen (secondary N) is 1. The molecular formula is C11H20N4O2. The lowest BCUT2D eigenvalue weighted by atomic mass is 10.3. The summed E-state index contributed by atoms with van der Waals surface area (Å²) in [6.45, 7) is 4.94. The molecule has 0 aromatic carbocycles. The fraction of sp³-hybridized carbons (Fsp3) is 0.636. The van der Waals surface area contributed by atoms with Crippen LogP contribution in [-0.2, 0) is 16.6 Å². The molecule has 6 heteroatoms. The van der Waals surface area contributed by atoms with E-state index in [1.54, 1.807) is 18.7 Å². The number of nitrogens with zero attached hydrogens (tertiary/aromatic N) is 2. The van der Waals surface area contributed by atoms with Crippen molar-refractivity contribution in [1.29, 1.82) is 0 Å². The van der Waals surface area contributed by atoms with Gasteiger partial charge >= 0.3 is 0 Å². The lowest BCUT2D eigenvalue weighted by molar-refractivity contribution is -0.117. The summed E-state index contributed by atoms with van der Waals surface area (Å²) in [5.74, 6) is 0.429. The average Bonchev–Trinajstić information content (AvgIpc) is 2.52. The lowest BCUT2D eigenvalue weighted by Crippen LogP contribution is -2.17. The van der Waals surface area contributed by atoms with Crippen molar-refractivity contribution in [2.24, 2.45) is 7.05 Å². The number of nitrogens with two attached hydrogens (primary N) is 1. The van der Waals surface area contributed by atoms with Gasteiger partial charge in [-0.15, -0.1) is 0 Å². The number of carbonyl (C=O) groups is 1. The third-order valence-electron chi connectivity index (χ3n) is 2.35. The fourth-order valence-corrected chi connectivity index (χ4v) is 1.43. The van der Waals surface area contributed by atoms with E-state index in [-0.39, 0.29) is 5.91 Å². The number of amides is 1. The predicted octanol–water partition coefficient (Wildman–Crippen LogP) is 1.07. The summed E-state index contributed by atoms with van der Waals surface area (Å²) in [7, 11) is 1.74. The van der Waals surface area contributed by atoms with Crippen molar-refractivity contribution >= 4 is 17.4 Å². The summed E-state index contributed by atoms with van der Waals surface area (Å²) in [4.78, 5) is 11.6. The van der Waals surface area contributed by atoms with Gasteiger partial charge in [-0.05, 0) is 13.3 Å². The Morgan fingerprint density at radius 1 is 1.53 bits per heavy atom. The van der Waals surface area contributed by atoms with E-state index >= 15 is 0 Å². The molecule has 1 aromatic rings. The maximum absolute atomic E-state index is 11.6. The van der Waals surface area contributed by atoms with Gasteiger partial charge in [0.1, 0.15) is 0 Å². The minimum Gasteiger partial charge on any atom is -0.394 e. The van der Waals surface area contributed by atoms with Crippen LogP contribution in [0.15, 0.2) is 0 Å². The SMILES string of the molecule is CCCOCCC(=O)Nc1c(N)c(C)nn1C. The molecule has 0 aliphatic rings. The molecule has 6 nitrogen and oxygen atoms in total. The number of aryl methyl sites for hydroxylation is 2. The second-order valence-corrected chi connectivity index (χ2v) is 3.88. The summed E-state index contributed by atoms with van der Waals surface area (Å²) in [6.07, 6.45) is 1.28. The van der Waals surface area contributed by atoms with Crippen LogP contribution in [0, 0.1) is 6.92 Å². The van der Waals surface area contributed by atoms with Gasteiger partial charge in [0.15, 0.2) is 5.82 Å². The molecule has 0 radical (unpaired) electrons. The maximum Gasteiger partial charge on any atom is 0.227 e. The molecule has 0 aliphatic carbocycles. The number of hydrogen-bond acceptors (Lipinski definition) is 4. The highest BCUT2D eigenvalue weighted by molar-refractivity contribution is 5.93. The standard InChI is InChI=1S/C11H20N4O2/c1-4-6-17-7-5-9(16)13-11-10(12)8(2)14-15(11)3/h4-7,12H2,1-3H3,(H,13,16). The van der Waals surface area contributed by atoms with E-state index in [2.05, 4.69) is 10.4 Å². The van der Waals surface area contributed by atoms with Crippen molar-refractivity contribution in [2.45, 2.75) is 26.7 Å². The molecule has 1 rings (SSSR count). The van der Waals surface area contributed by atoms with Crippen molar-refractivity contribution < 1.29 is 9.53 Å². The van der Waals surface area contributed by atoms with Crippen molar-refractivity contribution in [3.05, 3.63) is 5.69 Å². The van der Waals surface area contributed by atoms with Crippen LogP contribution in [0.4, 0.5) is 11.5 Å². The smallest absolute Gasteiger partial charge is 0.227 e. The Labute approximate surface area is 101 Å². The Morgan fingerprint density at radius 3 is 2.76 bits per heavy atom. The van der Waals surface area contributed by atoms with Crippen LogP contribution in [0.1, 0.15) is 25.5 Å². The Bertz CT molecular complexity index is 387. The van der Waals surface area contributed by atoms with Gasteiger partial charge in [0, 0.05) is 13.7 Å². The Morgan fingerprint density at radius 2 is 2.24 bits per heavy atom. The zero-order chi connectivity index (χ0) is 12.8. The van der Waals surface area contributed by atoms with Crippen LogP contribution in [0.2, 0.25) is 0 Å². The van der Waals surface area contributed by atoms with Gasteiger partial charge in [0.2, 0.25) is 5.91 Å². The van der Waals surface area contributed by atoms with Gasteiger partial charge in [-0.25, -0.2) is 0 Å². The first-order valence-electron chi connectivity index (χ1n) is 5.73. The topological polar surface area (TPSA) is 82.2 Å². The Hall–Kier alpha value is -1.56. The van der Waals surface area contributed by atoms with Crippen molar-refractivity contribution in [3.8, 4) is 0 Å². The van der Waals surface area contributed by atoms with E-state index in [4.69, 9.17) is 10.5 Å². The normalized spacial score (nSPS) is 10.5. The zero-order valence-electron chi connectivity index (χ0n) is 10.6. The molecule has 96 valence electrons. The number of carbonyl (C=O) groups excluding carboxylic acids is 1. The van der Waals surface area contributed by atoms with E-state index in [1.165, 1.54) is 0 Å². The van der Waals surface area contributed by atoms with Crippen LogP contribution >= 0.6 is 0 Å². The first-order valence-corrected chi connectivity index (χ1v) is 5.73. The van der Waals surface area contributed by atoms with Gasteiger partial charge in [0.25, 0.3) is 0 Å². The van der Waals surface area contributed by atoms with Gasteiger partial charge < -0.3 is 15.8 Å². The van der Waals surface area contributed by atoms with E-state index in [0.29, 0.717) is 36.8 Å². The molecular weight excluding hydrogens is 220 g/mol. The maximum atomic E-state index is 11.6. The molecule has 0 atom stereocenters. The number of rotatable bonds is 6. The van der Waals surface area contributed by atoms with Crippen molar-refractivity contribution in [2.75, 3.05) is 24.3 Å². The molecule has 0 saturated carbocycles. The van der Waals surface area contributed by atoms with Crippen LogP contribution in [0.3, 0.4) is 0 Å². The van der Waals surface area contributed by atoms with Crippen LogP contribution < -0.4 is 11.1 Å². The van der Waals surface area contributed by atoms with Gasteiger partial charge in [-0.1, -0.05) is 6.92 Å². The molecule has 17 heavy (non-hydrogen) atoms. The summed E-state index contributed by atoms with van der Waals surface area (Å²) in [5, 5.41) is 6.85. The first-order chi connectivity index (χ1) is 8.06. The van der Waals surface area contributed by atoms with Crippen molar-refractivity contribution in [3.63, 3.8) is 0 Å². The highest BCUT2D eigenvalue weighted by atomic mass is 16.5. The van der Waals surface area contributed by atoms with Gasteiger partial charge in [-0.2, -0.15) is 5.10 Å². The zero-order valence-corrected chi connectivity index (χ0v) is 10.6. The molecule has 0 unspecified atom stereocenters. The second-order valence-electron chi connectivity index (χ2n) is 3.88. The molecule has 0 aliphatic heterocycles. The van der Waals surface area contributed by atoms with Gasteiger partial charge in [-0.3, -0.25) is 9.48 Å². The van der Waals surface area contributed by atoms with E-state index < -0.39 is 0 Å². The number of aromatic nitrogens is 2. The van der Waals surface area contributed by atoms with Crippen molar-refractivity contribution in [1.82, 2.24) is 9.78 Å². The highest BCUT2D eigenvalue weighted by Gasteiger charge is 2.12. The van der Waals surface area contributed by atoms with E-state index in [1.807, 2.05) is 6.92 Å². The molecule has 1 amide bonds. The predicted molar refractivity (Wildman–Crippen MR) is 66.7 cm³/mol. The molecule has 0 bridgehead atoms. The second kappa shape index (κ2) is 6.24. The van der Waals surface area contributed by atoms with Gasteiger partial charge in [0.05, 0.1) is 24.4 Å². The molecule has 1 heterocycles. The summed E-state index contributed by atoms with van der Waals surface area (Å²) >= 11 is 0. The lowest BCUT2D eigenvalue weighted by Gasteiger charge is -2.06. The molecule has 1 aromatic heterocycles. The Balaban J connectivity index is 2.45. The molecule has 3 N–H and O–H groups in total. The molecule has 0 saturated heterocycles. The average molecular weight is 240 g/mol. The minimum absolute atomic E-state index is 0.115. The van der Waals surface area contributed by atoms with E-state index in [9.17, 15) is 4.79 Å². The summed E-state index contributed by atoms with van der Waals surface area (Å²) in [5.41, 5.74) is 7.02. The third kappa shape index (κ3) is 3.74.